The summed E-state index contributed by atoms with van der Waals surface area (Å²) in [6.07, 6.45) is -0.157. The second kappa shape index (κ2) is 10.0. The van der Waals surface area contributed by atoms with Gasteiger partial charge in [-0.2, -0.15) is 0 Å². The summed E-state index contributed by atoms with van der Waals surface area (Å²) in [4.78, 5) is 4.38. The second-order valence-electron chi connectivity index (χ2n) is 5.56. The Hall–Kier alpha value is -2.11. The Labute approximate surface area is 152 Å². The van der Waals surface area contributed by atoms with Crippen LogP contribution in [0.25, 0.3) is 0 Å². The number of hydrogen-bond donors (Lipinski definition) is 3. The van der Waals surface area contributed by atoms with Crippen LogP contribution in [-0.2, 0) is 6.42 Å². The molecule has 0 saturated carbocycles. The number of halogens is 2. The van der Waals surface area contributed by atoms with Crippen molar-refractivity contribution >= 4 is 17.6 Å². The van der Waals surface area contributed by atoms with Gasteiger partial charge in [-0.05, 0) is 42.7 Å². The standard InChI is InChI=1S/C19H23ClFN3O/c1-2-22-19(23-12-11-14-5-3-4-6-17(14)21)24-13-18(25)15-7-9-16(20)10-8-15/h3-10,18,25H,2,11-13H2,1H3,(H2,22,23,24). The van der Waals surface area contributed by atoms with Gasteiger partial charge in [-0.15, -0.1) is 0 Å². The second-order valence-corrected chi connectivity index (χ2v) is 5.99. The first-order valence-corrected chi connectivity index (χ1v) is 8.67. The summed E-state index contributed by atoms with van der Waals surface area (Å²) in [5, 5.41) is 17.1. The van der Waals surface area contributed by atoms with Gasteiger partial charge >= 0.3 is 0 Å². The number of nitrogens with zero attached hydrogens (tertiary/aromatic N) is 1. The highest BCUT2D eigenvalue weighted by molar-refractivity contribution is 6.30. The molecule has 4 nitrogen and oxygen atoms in total. The zero-order valence-corrected chi connectivity index (χ0v) is 14.9. The van der Waals surface area contributed by atoms with Crippen molar-refractivity contribution in [1.82, 2.24) is 10.6 Å². The van der Waals surface area contributed by atoms with Gasteiger partial charge in [0, 0.05) is 18.1 Å². The van der Waals surface area contributed by atoms with Crippen LogP contribution in [0.1, 0.15) is 24.2 Å². The van der Waals surface area contributed by atoms with E-state index >= 15 is 0 Å². The fourth-order valence-corrected chi connectivity index (χ4v) is 2.45. The predicted octanol–water partition coefficient (Wildman–Crippen LogP) is 3.31. The lowest BCUT2D eigenvalue weighted by molar-refractivity contribution is 0.187. The molecule has 0 aliphatic carbocycles. The van der Waals surface area contributed by atoms with Crippen LogP contribution in [-0.4, -0.2) is 30.7 Å². The number of aliphatic imine (C=N–C) groups is 1. The van der Waals surface area contributed by atoms with Crippen molar-refractivity contribution in [3.63, 3.8) is 0 Å². The summed E-state index contributed by atoms with van der Waals surface area (Å²) < 4.78 is 13.6. The summed E-state index contributed by atoms with van der Waals surface area (Å²) in [6.45, 7) is 3.42. The van der Waals surface area contributed by atoms with Gasteiger partial charge < -0.3 is 15.7 Å². The highest BCUT2D eigenvalue weighted by atomic mass is 35.5. The monoisotopic (exact) mass is 363 g/mol. The molecule has 0 amide bonds. The molecule has 2 rings (SSSR count). The van der Waals surface area contributed by atoms with Crippen molar-refractivity contribution in [3.8, 4) is 0 Å². The number of aliphatic hydroxyl groups excluding tert-OH is 1. The number of aliphatic hydroxyl groups is 1. The first kappa shape index (κ1) is 19.2. The summed E-state index contributed by atoms with van der Waals surface area (Å²) in [5.41, 5.74) is 1.42. The molecule has 1 unspecified atom stereocenters. The molecule has 25 heavy (non-hydrogen) atoms. The zero-order chi connectivity index (χ0) is 18.1. The van der Waals surface area contributed by atoms with E-state index in [0.29, 0.717) is 36.1 Å². The molecule has 2 aromatic carbocycles. The van der Waals surface area contributed by atoms with E-state index in [-0.39, 0.29) is 12.4 Å². The molecule has 0 spiro atoms. The van der Waals surface area contributed by atoms with Gasteiger partial charge in [0.15, 0.2) is 5.96 Å². The van der Waals surface area contributed by atoms with Crippen molar-refractivity contribution in [2.24, 2.45) is 4.99 Å². The molecule has 0 heterocycles. The number of nitrogens with one attached hydrogen (secondary N) is 2. The maximum absolute atomic E-state index is 13.6. The Kier molecular flexibility index (Phi) is 7.70. The summed E-state index contributed by atoms with van der Waals surface area (Å²) in [6, 6.07) is 13.8. The normalized spacial score (nSPS) is 12.7. The molecule has 6 heteroatoms. The fraction of sp³-hybridized carbons (Fsp3) is 0.316. The third-order valence-corrected chi connectivity index (χ3v) is 3.92. The molecule has 134 valence electrons. The molecule has 0 saturated heterocycles. The number of rotatable bonds is 7. The molecule has 0 fully saturated rings. The Morgan fingerprint density at radius 1 is 1.16 bits per heavy atom. The van der Waals surface area contributed by atoms with Crippen molar-refractivity contribution in [2.45, 2.75) is 19.4 Å². The average molecular weight is 364 g/mol. The van der Waals surface area contributed by atoms with Crippen molar-refractivity contribution in [1.29, 1.82) is 0 Å². The van der Waals surface area contributed by atoms with E-state index in [1.54, 1.807) is 36.4 Å². The van der Waals surface area contributed by atoms with Crippen LogP contribution in [0.2, 0.25) is 5.02 Å². The topological polar surface area (TPSA) is 56.7 Å². The van der Waals surface area contributed by atoms with Crippen LogP contribution in [0, 0.1) is 5.82 Å². The number of benzene rings is 2. The van der Waals surface area contributed by atoms with E-state index in [0.717, 1.165) is 5.56 Å². The lowest BCUT2D eigenvalue weighted by atomic mass is 10.1. The van der Waals surface area contributed by atoms with Crippen LogP contribution in [0.3, 0.4) is 0 Å². The minimum absolute atomic E-state index is 0.204. The van der Waals surface area contributed by atoms with Gasteiger partial charge in [-0.25, -0.2) is 4.39 Å². The first-order chi connectivity index (χ1) is 12.1. The van der Waals surface area contributed by atoms with Crippen LogP contribution in [0.5, 0.6) is 0 Å². The minimum Gasteiger partial charge on any atom is -0.386 e. The molecule has 1 atom stereocenters. The lowest BCUT2D eigenvalue weighted by Gasteiger charge is -2.13. The van der Waals surface area contributed by atoms with Crippen LogP contribution in [0.4, 0.5) is 4.39 Å². The van der Waals surface area contributed by atoms with Crippen molar-refractivity contribution in [3.05, 3.63) is 70.5 Å². The smallest absolute Gasteiger partial charge is 0.191 e. The largest absolute Gasteiger partial charge is 0.386 e. The predicted molar refractivity (Wildman–Crippen MR) is 100 cm³/mol. The zero-order valence-electron chi connectivity index (χ0n) is 14.2. The summed E-state index contributed by atoms with van der Waals surface area (Å²) in [7, 11) is 0. The quantitative estimate of drug-likeness (QED) is 0.522. The third-order valence-electron chi connectivity index (χ3n) is 3.67. The van der Waals surface area contributed by atoms with Crippen molar-refractivity contribution in [2.75, 3.05) is 19.6 Å². The molecule has 0 aliphatic heterocycles. The molecule has 0 bridgehead atoms. The van der Waals surface area contributed by atoms with Gasteiger partial charge in [0.2, 0.25) is 0 Å². The van der Waals surface area contributed by atoms with Gasteiger partial charge in [-0.1, -0.05) is 41.9 Å². The van der Waals surface area contributed by atoms with E-state index in [1.807, 2.05) is 13.0 Å². The number of hydrogen-bond acceptors (Lipinski definition) is 2. The molecular weight excluding hydrogens is 341 g/mol. The van der Waals surface area contributed by atoms with Gasteiger partial charge in [0.25, 0.3) is 0 Å². The first-order valence-electron chi connectivity index (χ1n) is 8.29. The molecule has 0 radical (unpaired) electrons. The van der Waals surface area contributed by atoms with Crippen LogP contribution < -0.4 is 10.6 Å². The summed E-state index contributed by atoms with van der Waals surface area (Å²) >= 11 is 5.85. The van der Waals surface area contributed by atoms with Crippen LogP contribution in [0.15, 0.2) is 53.5 Å². The molecule has 3 N–H and O–H groups in total. The van der Waals surface area contributed by atoms with E-state index in [9.17, 15) is 9.50 Å². The van der Waals surface area contributed by atoms with E-state index in [2.05, 4.69) is 15.6 Å². The Balaban J connectivity index is 1.89. The highest BCUT2D eigenvalue weighted by Crippen LogP contribution is 2.16. The summed E-state index contributed by atoms with van der Waals surface area (Å²) in [5.74, 6) is 0.385. The SMILES string of the molecule is CCNC(=NCC(O)c1ccc(Cl)cc1)NCCc1ccccc1F. The highest BCUT2D eigenvalue weighted by Gasteiger charge is 2.08. The van der Waals surface area contributed by atoms with E-state index < -0.39 is 6.10 Å². The van der Waals surface area contributed by atoms with Gasteiger partial charge in [-0.3, -0.25) is 4.99 Å². The maximum Gasteiger partial charge on any atom is 0.191 e. The van der Waals surface area contributed by atoms with E-state index in [4.69, 9.17) is 11.6 Å². The molecule has 0 aromatic heterocycles. The molecule has 0 aliphatic rings. The van der Waals surface area contributed by atoms with Gasteiger partial charge in [0.1, 0.15) is 5.82 Å². The lowest BCUT2D eigenvalue weighted by Crippen LogP contribution is -2.38. The Morgan fingerprint density at radius 2 is 1.88 bits per heavy atom. The van der Waals surface area contributed by atoms with Crippen molar-refractivity contribution < 1.29 is 9.50 Å². The Bertz CT molecular complexity index is 691. The third kappa shape index (κ3) is 6.36. The minimum atomic E-state index is -0.709. The number of guanidine groups is 1. The molecular formula is C19H23ClFN3O. The van der Waals surface area contributed by atoms with Crippen LogP contribution >= 0.6 is 11.6 Å². The van der Waals surface area contributed by atoms with Gasteiger partial charge in [0.05, 0.1) is 12.6 Å². The van der Waals surface area contributed by atoms with E-state index in [1.165, 1.54) is 6.07 Å². The Morgan fingerprint density at radius 3 is 2.56 bits per heavy atom. The average Bonchev–Trinajstić information content (AvgIpc) is 2.61. The maximum atomic E-state index is 13.6. The fourth-order valence-electron chi connectivity index (χ4n) is 2.33. The molecule has 2 aromatic rings.